The van der Waals surface area contributed by atoms with Crippen LogP contribution in [0.4, 0.5) is 0 Å². The first-order valence-corrected chi connectivity index (χ1v) is 6.29. The third-order valence-electron chi connectivity index (χ3n) is 2.69. The molecule has 0 fully saturated rings. The molecule has 2 aromatic carbocycles. The van der Waals surface area contributed by atoms with Crippen molar-refractivity contribution in [3.8, 4) is 5.75 Å². The quantitative estimate of drug-likeness (QED) is 0.480. The van der Waals surface area contributed by atoms with E-state index in [1.807, 2.05) is 6.07 Å². The fourth-order valence-electron chi connectivity index (χ4n) is 1.76. The number of hydrogen-bond acceptors (Lipinski definition) is 4. The lowest BCUT2D eigenvalue weighted by atomic mass is 10.0. The molecule has 0 spiro atoms. The van der Waals surface area contributed by atoms with Crippen LogP contribution in [0.5, 0.6) is 5.75 Å². The summed E-state index contributed by atoms with van der Waals surface area (Å²) in [5.41, 5.74) is 0.961. The third kappa shape index (κ3) is 4.15. The Labute approximate surface area is 121 Å². The predicted molar refractivity (Wildman–Crippen MR) is 75.4 cm³/mol. The standard InChI is InChI=1S/C16H14O5/c17-15(18)10-20-11-21-14-9-5-4-8-13(14)16(19)12-6-2-1-3-7-12/h1-9H,10-11H2,(H,17,18). The van der Waals surface area contributed by atoms with Crippen LogP contribution in [0.25, 0.3) is 0 Å². The molecule has 0 heterocycles. The first-order chi connectivity index (χ1) is 10.2. The van der Waals surface area contributed by atoms with Crippen LogP contribution in [0, 0.1) is 0 Å². The summed E-state index contributed by atoms with van der Waals surface area (Å²) >= 11 is 0. The molecule has 2 rings (SSSR count). The largest absolute Gasteiger partial charge is 0.480 e. The van der Waals surface area contributed by atoms with E-state index < -0.39 is 12.6 Å². The summed E-state index contributed by atoms with van der Waals surface area (Å²) in [6.07, 6.45) is 0. The van der Waals surface area contributed by atoms with Crippen molar-refractivity contribution in [1.29, 1.82) is 0 Å². The first-order valence-electron chi connectivity index (χ1n) is 6.29. The molecule has 0 radical (unpaired) electrons. The zero-order chi connectivity index (χ0) is 15.1. The molecular weight excluding hydrogens is 272 g/mol. The summed E-state index contributed by atoms with van der Waals surface area (Å²) in [5, 5.41) is 8.47. The van der Waals surface area contributed by atoms with Crippen LogP contribution in [0.1, 0.15) is 15.9 Å². The maximum absolute atomic E-state index is 12.4. The second kappa shape index (κ2) is 7.21. The van der Waals surface area contributed by atoms with E-state index in [1.54, 1.807) is 48.5 Å². The van der Waals surface area contributed by atoms with Crippen LogP contribution in [0.3, 0.4) is 0 Å². The Bertz CT molecular complexity index is 622. The van der Waals surface area contributed by atoms with Gasteiger partial charge in [0.15, 0.2) is 12.6 Å². The Morgan fingerprint density at radius 1 is 0.952 bits per heavy atom. The lowest BCUT2D eigenvalue weighted by Crippen LogP contribution is -2.12. The van der Waals surface area contributed by atoms with E-state index in [-0.39, 0.29) is 12.6 Å². The van der Waals surface area contributed by atoms with Gasteiger partial charge >= 0.3 is 5.97 Å². The number of para-hydroxylation sites is 1. The molecule has 2 aromatic rings. The molecule has 108 valence electrons. The molecule has 0 aliphatic carbocycles. The molecule has 5 heteroatoms. The lowest BCUT2D eigenvalue weighted by Gasteiger charge is -2.10. The van der Waals surface area contributed by atoms with Crippen molar-refractivity contribution >= 4 is 11.8 Å². The molecule has 0 amide bonds. The Balaban J connectivity index is 2.10. The molecular formula is C16H14O5. The summed E-state index contributed by atoms with van der Waals surface area (Å²) in [6, 6.07) is 15.6. The highest BCUT2D eigenvalue weighted by Gasteiger charge is 2.14. The van der Waals surface area contributed by atoms with Crippen molar-refractivity contribution in [2.45, 2.75) is 0 Å². The van der Waals surface area contributed by atoms with E-state index in [0.29, 0.717) is 16.9 Å². The van der Waals surface area contributed by atoms with Gasteiger partial charge in [0.25, 0.3) is 0 Å². The number of ketones is 1. The van der Waals surface area contributed by atoms with E-state index in [9.17, 15) is 9.59 Å². The van der Waals surface area contributed by atoms with E-state index in [2.05, 4.69) is 0 Å². The van der Waals surface area contributed by atoms with Gasteiger partial charge in [-0.05, 0) is 12.1 Å². The van der Waals surface area contributed by atoms with Crippen molar-refractivity contribution in [2.24, 2.45) is 0 Å². The number of carbonyl (C=O) groups is 2. The average Bonchev–Trinajstić information content (AvgIpc) is 2.52. The van der Waals surface area contributed by atoms with Gasteiger partial charge < -0.3 is 14.6 Å². The van der Waals surface area contributed by atoms with E-state index in [4.69, 9.17) is 14.6 Å². The molecule has 0 aromatic heterocycles. The summed E-state index contributed by atoms with van der Waals surface area (Å²) in [5.74, 6) is -0.881. The Hall–Kier alpha value is -2.66. The van der Waals surface area contributed by atoms with Crippen LogP contribution < -0.4 is 4.74 Å². The van der Waals surface area contributed by atoms with Gasteiger partial charge in [-0.2, -0.15) is 0 Å². The number of aliphatic carboxylic acids is 1. The topological polar surface area (TPSA) is 72.8 Å². The number of carbonyl (C=O) groups excluding carboxylic acids is 1. The van der Waals surface area contributed by atoms with Crippen LogP contribution in [-0.2, 0) is 9.53 Å². The molecule has 0 aliphatic heterocycles. The number of rotatable bonds is 7. The Morgan fingerprint density at radius 2 is 1.62 bits per heavy atom. The van der Waals surface area contributed by atoms with Gasteiger partial charge in [-0.25, -0.2) is 4.79 Å². The van der Waals surface area contributed by atoms with Gasteiger partial charge in [-0.15, -0.1) is 0 Å². The zero-order valence-corrected chi connectivity index (χ0v) is 11.2. The van der Waals surface area contributed by atoms with Crippen LogP contribution in [-0.4, -0.2) is 30.3 Å². The summed E-state index contributed by atoms with van der Waals surface area (Å²) in [4.78, 5) is 22.7. The predicted octanol–water partition coefficient (Wildman–Crippen LogP) is 2.36. The smallest absolute Gasteiger partial charge is 0.329 e. The number of hydrogen-bond donors (Lipinski definition) is 1. The van der Waals surface area contributed by atoms with Crippen molar-refractivity contribution < 1.29 is 24.2 Å². The van der Waals surface area contributed by atoms with Gasteiger partial charge in [0.05, 0.1) is 5.56 Å². The molecule has 0 bridgehead atoms. The van der Waals surface area contributed by atoms with Crippen molar-refractivity contribution in [3.63, 3.8) is 0 Å². The third-order valence-corrected chi connectivity index (χ3v) is 2.69. The zero-order valence-electron chi connectivity index (χ0n) is 11.2. The van der Waals surface area contributed by atoms with Crippen molar-refractivity contribution in [1.82, 2.24) is 0 Å². The van der Waals surface area contributed by atoms with E-state index in [0.717, 1.165) is 0 Å². The SMILES string of the molecule is O=C(O)COCOc1ccccc1C(=O)c1ccccc1. The number of benzene rings is 2. The minimum atomic E-state index is -1.08. The van der Waals surface area contributed by atoms with Gasteiger partial charge in [-0.1, -0.05) is 42.5 Å². The molecule has 0 unspecified atom stereocenters. The Morgan fingerprint density at radius 3 is 2.33 bits per heavy atom. The average molecular weight is 286 g/mol. The number of carboxylic acid groups (broad SMARTS) is 1. The van der Waals surface area contributed by atoms with Crippen molar-refractivity contribution in [2.75, 3.05) is 13.4 Å². The fourth-order valence-corrected chi connectivity index (χ4v) is 1.76. The number of carboxylic acids is 1. The highest BCUT2D eigenvalue weighted by molar-refractivity contribution is 6.10. The van der Waals surface area contributed by atoms with Crippen LogP contribution >= 0.6 is 0 Å². The van der Waals surface area contributed by atoms with E-state index in [1.165, 1.54) is 0 Å². The van der Waals surface area contributed by atoms with Crippen LogP contribution in [0.2, 0.25) is 0 Å². The molecule has 0 aliphatic rings. The minimum absolute atomic E-state index is 0.163. The van der Waals surface area contributed by atoms with Gasteiger partial charge in [0, 0.05) is 5.56 Å². The second-order valence-electron chi connectivity index (χ2n) is 4.20. The summed E-state index contributed by atoms with van der Waals surface area (Å²) in [6.45, 7) is -0.680. The normalized spacial score (nSPS) is 10.1. The summed E-state index contributed by atoms with van der Waals surface area (Å²) in [7, 11) is 0. The maximum Gasteiger partial charge on any atom is 0.329 e. The first kappa shape index (κ1) is 14.7. The van der Waals surface area contributed by atoms with Gasteiger partial charge in [0.2, 0.25) is 0 Å². The Kier molecular flexibility index (Phi) is 5.06. The molecule has 0 saturated carbocycles. The monoisotopic (exact) mass is 286 g/mol. The van der Waals surface area contributed by atoms with Gasteiger partial charge in [-0.3, -0.25) is 4.79 Å². The summed E-state index contributed by atoms with van der Waals surface area (Å²) < 4.78 is 10.1. The molecule has 1 N–H and O–H groups in total. The fraction of sp³-hybridized carbons (Fsp3) is 0.125. The highest BCUT2D eigenvalue weighted by atomic mass is 16.7. The lowest BCUT2D eigenvalue weighted by molar-refractivity contribution is -0.144. The number of ether oxygens (including phenoxy) is 2. The van der Waals surface area contributed by atoms with Crippen LogP contribution in [0.15, 0.2) is 54.6 Å². The van der Waals surface area contributed by atoms with E-state index >= 15 is 0 Å². The molecule has 0 saturated heterocycles. The second-order valence-corrected chi connectivity index (χ2v) is 4.20. The van der Waals surface area contributed by atoms with Gasteiger partial charge in [0.1, 0.15) is 12.4 Å². The minimum Gasteiger partial charge on any atom is -0.480 e. The maximum atomic E-state index is 12.4. The highest BCUT2D eigenvalue weighted by Crippen LogP contribution is 2.21. The van der Waals surface area contributed by atoms with Crippen molar-refractivity contribution in [3.05, 3.63) is 65.7 Å². The molecule has 5 nitrogen and oxygen atoms in total. The molecule has 21 heavy (non-hydrogen) atoms. The molecule has 0 atom stereocenters.